The first-order valence-electron chi connectivity index (χ1n) is 8.49. The number of nitrogens with one attached hydrogen (secondary N) is 1. The van der Waals surface area contributed by atoms with Crippen molar-refractivity contribution in [2.75, 3.05) is 12.1 Å². The van der Waals surface area contributed by atoms with Gasteiger partial charge in [0.25, 0.3) is 5.91 Å². The van der Waals surface area contributed by atoms with Crippen molar-refractivity contribution in [2.45, 2.75) is 26.7 Å². The number of amides is 1. The Labute approximate surface area is 150 Å². The molecule has 1 aromatic carbocycles. The van der Waals surface area contributed by atoms with Crippen molar-refractivity contribution < 1.29 is 14.3 Å². The first-order valence-corrected chi connectivity index (χ1v) is 8.49. The molecule has 0 spiro atoms. The lowest BCUT2D eigenvalue weighted by Crippen LogP contribution is -2.14. The Balaban J connectivity index is 1.76. The second kappa shape index (κ2) is 6.01. The molecule has 4 rings (SSSR count). The van der Waals surface area contributed by atoms with E-state index >= 15 is 0 Å². The van der Waals surface area contributed by atoms with E-state index in [9.17, 15) is 4.79 Å². The molecule has 3 heterocycles. The van der Waals surface area contributed by atoms with Gasteiger partial charge in [0.05, 0.1) is 16.6 Å². The zero-order valence-corrected chi connectivity index (χ0v) is 15.2. The number of nitrogens with zero attached hydrogens (tertiary/aromatic N) is 3. The number of pyridine rings is 1. The van der Waals surface area contributed by atoms with E-state index in [0.29, 0.717) is 28.4 Å². The number of aromatic nitrogens is 3. The molecular weight excluding hydrogens is 332 g/mol. The average Bonchev–Trinajstić information content (AvgIpc) is 3.18. The normalized spacial score (nSPS) is 12.8. The Bertz CT molecular complexity index is 1020. The molecular formula is C19H20N4O3. The smallest absolute Gasteiger partial charge is 0.256 e. The van der Waals surface area contributed by atoms with E-state index in [0.717, 1.165) is 16.8 Å². The first-order chi connectivity index (χ1) is 12.4. The molecule has 0 aliphatic carbocycles. The molecule has 0 bridgehead atoms. The van der Waals surface area contributed by atoms with Crippen LogP contribution in [0.15, 0.2) is 24.3 Å². The number of aryl methyl sites for hydroxylation is 2. The van der Waals surface area contributed by atoms with Gasteiger partial charge in [-0.25, -0.2) is 4.98 Å². The van der Waals surface area contributed by atoms with E-state index in [-0.39, 0.29) is 18.6 Å². The van der Waals surface area contributed by atoms with Crippen LogP contribution in [0.3, 0.4) is 0 Å². The Morgan fingerprint density at radius 1 is 1.23 bits per heavy atom. The van der Waals surface area contributed by atoms with Gasteiger partial charge in [-0.1, -0.05) is 13.8 Å². The maximum atomic E-state index is 13.0. The minimum atomic E-state index is -0.200. The van der Waals surface area contributed by atoms with E-state index in [2.05, 4.69) is 29.2 Å². The molecule has 0 atom stereocenters. The molecule has 134 valence electrons. The van der Waals surface area contributed by atoms with E-state index in [1.54, 1.807) is 22.9 Å². The number of carbonyl (C=O) groups is 1. The Morgan fingerprint density at radius 2 is 2.00 bits per heavy atom. The number of fused-ring (bicyclic) bond motifs is 2. The molecule has 1 aliphatic rings. The predicted octanol–water partition coefficient (Wildman–Crippen LogP) is 3.38. The highest BCUT2D eigenvalue weighted by Crippen LogP contribution is 2.34. The van der Waals surface area contributed by atoms with Gasteiger partial charge in [-0.05, 0) is 31.0 Å². The monoisotopic (exact) mass is 352 g/mol. The van der Waals surface area contributed by atoms with Crippen molar-refractivity contribution in [1.29, 1.82) is 0 Å². The van der Waals surface area contributed by atoms with Crippen LogP contribution in [-0.2, 0) is 7.05 Å². The highest BCUT2D eigenvalue weighted by Gasteiger charge is 2.21. The number of rotatable bonds is 3. The number of ether oxygens (including phenoxy) is 2. The Hall–Kier alpha value is -3.09. The fraction of sp³-hybridized carbons (Fsp3) is 0.316. The highest BCUT2D eigenvalue weighted by atomic mass is 16.7. The quantitative estimate of drug-likeness (QED) is 0.782. The zero-order chi connectivity index (χ0) is 18.4. The van der Waals surface area contributed by atoms with Crippen molar-refractivity contribution in [1.82, 2.24) is 14.8 Å². The van der Waals surface area contributed by atoms with Crippen LogP contribution in [-0.4, -0.2) is 27.5 Å². The molecule has 0 fully saturated rings. The third-order valence-electron chi connectivity index (χ3n) is 4.46. The summed E-state index contributed by atoms with van der Waals surface area (Å²) in [4.78, 5) is 17.7. The fourth-order valence-corrected chi connectivity index (χ4v) is 3.11. The average molecular weight is 352 g/mol. The van der Waals surface area contributed by atoms with Crippen LogP contribution in [0.5, 0.6) is 11.5 Å². The summed E-state index contributed by atoms with van der Waals surface area (Å²) in [5.41, 5.74) is 3.57. The largest absolute Gasteiger partial charge is 0.454 e. The lowest BCUT2D eigenvalue weighted by molar-refractivity contribution is 0.102. The lowest BCUT2D eigenvalue weighted by atomic mass is 10.0. The molecule has 0 saturated heterocycles. The van der Waals surface area contributed by atoms with Gasteiger partial charge in [-0.2, -0.15) is 5.10 Å². The van der Waals surface area contributed by atoms with Crippen LogP contribution in [0.25, 0.3) is 11.0 Å². The first kappa shape index (κ1) is 16.4. The topological polar surface area (TPSA) is 78.3 Å². The second-order valence-electron chi connectivity index (χ2n) is 6.68. The summed E-state index contributed by atoms with van der Waals surface area (Å²) in [6.07, 6.45) is 0. The SMILES string of the molecule is Cc1nn(C)c2nc(C(C)C)cc(C(=O)Nc3ccc4c(c3)OCO4)c12. The van der Waals surface area contributed by atoms with Gasteiger partial charge in [0.2, 0.25) is 6.79 Å². The van der Waals surface area contributed by atoms with Crippen LogP contribution in [0.4, 0.5) is 5.69 Å². The van der Waals surface area contributed by atoms with Crippen molar-refractivity contribution in [3.63, 3.8) is 0 Å². The summed E-state index contributed by atoms with van der Waals surface area (Å²) < 4.78 is 12.4. The van der Waals surface area contributed by atoms with E-state index < -0.39 is 0 Å². The minimum Gasteiger partial charge on any atom is -0.454 e. The van der Waals surface area contributed by atoms with Gasteiger partial charge >= 0.3 is 0 Å². The van der Waals surface area contributed by atoms with Crippen molar-refractivity contribution >= 4 is 22.6 Å². The molecule has 1 aliphatic heterocycles. The van der Waals surface area contributed by atoms with Crippen LogP contribution in [0.1, 0.15) is 41.5 Å². The summed E-state index contributed by atoms with van der Waals surface area (Å²) in [7, 11) is 1.84. The molecule has 2 aromatic heterocycles. The van der Waals surface area contributed by atoms with Gasteiger partial charge < -0.3 is 14.8 Å². The molecule has 7 heteroatoms. The number of hydrogen-bond acceptors (Lipinski definition) is 5. The molecule has 7 nitrogen and oxygen atoms in total. The molecule has 1 amide bonds. The Kier molecular flexibility index (Phi) is 3.79. The van der Waals surface area contributed by atoms with Crippen LogP contribution < -0.4 is 14.8 Å². The second-order valence-corrected chi connectivity index (χ2v) is 6.68. The summed E-state index contributed by atoms with van der Waals surface area (Å²) in [5.74, 6) is 1.31. The van der Waals surface area contributed by atoms with Gasteiger partial charge in [-0.3, -0.25) is 9.48 Å². The zero-order valence-electron chi connectivity index (χ0n) is 15.2. The van der Waals surface area contributed by atoms with Gasteiger partial charge in [0, 0.05) is 24.5 Å². The number of benzene rings is 1. The molecule has 0 saturated carbocycles. The van der Waals surface area contributed by atoms with E-state index in [4.69, 9.17) is 9.47 Å². The summed E-state index contributed by atoms with van der Waals surface area (Å²) in [6.45, 7) is 6.19. The van der Waals surface area contributed by atoms with Gasteiger partial charge in [0.15, 0.2) is 17.1 Å². The molecule has 0 unspecified atom stereocenters. The third kappa shape index (κ3) is 2.65. The maximum Gasteiger partial charge on any atom is 0.256 e. The van der Waals surface area contributed by atoms with Crippen LogP contribution in [0.2, 0.25) is 0 Å². The third-order valence-corrected chi connectivity index (χ3v) is 4.46. The summed E-state index contributed by atoms with van der Waals surface area (Å²) >= 11 is 0. The molecule has 3 aromatic rings. The van der Waals surface area contributed by atoms with Gasteiger partial charge in [0.1, 0.15) is 0 Å². The molecule has 26 heavy (non-hydrogen) atoms. The standard InChI is InChI=1S/C19H20N4O3/c1-10(2)14-8-13(17-11(3)22-23(4)18(17)21-14)19(24)20-12-5-6-15-16(7-12)26-9-25-15/h5-8,10H,9H2,1-4H3,(H,20,24). The van der Waals surface area contributed by atoms with Crippen LogP contribution >= 0.6 is 0 Å². The van der Waals surface area contributed by atoms with Crippen molar-refractivity contribution in [3.05, 3.63) is 41.2 Å². The van der Waals surface area contributed by atoms with Crippen LogP contribution in [0, 0.1) is 6.92 Å². The summed E-state index contributed by atoms with van der Waals surface area (Å²) in [5, 5.41) is 8.14. The lowest BCUT2D eigenvalue weighted by Gasteiger charge is -2.11. The van der Waals surface area contributed by atoms with Gasteiger partial charge in [-0.15, -0.1) is 0 Å². The van der Waals surface area contributed by atoms with E-state index in [1.807, 2.05) is 20.0 Å². The molecule has 0 radical (unpaired) electrons. The predicted molar refractivity (Wildman–Crippen MR) is 97.9 cm³/mol. The van der Waals surface area contributed by atoms with Crippen molar-refractivity contribution in [2.24, 2.45) is 7.05 Å². The molecule has 1 N–H and O–H groups in total. The number of carbonyl (C=O) groups excluding carboxylic acids is 1. The highest BCUT2D eigenvalue weighted by molar-refractivity contribution is 6.12. The number of hydrogen-bond donors (Lipinski definition) is 1. The maximum absolute atomic E-state index is 13.0. The Morgan fingerprint density at radius 3 is 2.77 bits per heavy atom. The van der Waals surface area contributed by atoms with E-state index in [1.165, 1.54) is 0 Å². The van der Waals surface area contributed by atoms with Crippen molar-refractivity contribution in [3.8, 4) is 11.5 Å². The summed E-state index contributed by atoms with van der Waals surface area (Å²) in [6, 6.07) is 7.19. The number of anilines is 1. The minimum absolute atomic E-state index is 0.199. The fourth-order valence-electron chi connectivity index (χ4n) is 3.11.